The Morgan fingerprint density at radius 1 is 0.424 bits per heavy atom. The lowest BCUT2D eigenvalue weighted by molar-refractivity contribution is 0.670. The molecule has 158 valence electrons. The number of para-hydroxylation sites is 4. The van der Waals surface area contributed by atoms with Gasteiger partial charge in [0.2, 0.25) is 0 Å². The van der Waals surface area contributed by atoms with Crippen LogP contribution in [0, 0.1) is 0 Å². The van der Waals surface area contributed by atoms with Gasteiger partial charge in [-0.2, -0.15) is 0 Å². The topological polar surface area (TPSA) is 37.2 Å². The van der Waals surface area contributed by atoms with E-state index < -0.39 is 0 Å². The first-order valence-electron chi connectivity index (χ1n) is 11.0. The number of hydrogen-bond acceptors (Lipinski definition) is 3. The van der Waals surface area contributed by atoms with E-state index in [2.05, 4.69) is 102 Å². The van der Waals surface area contributed by atoms with Crippen LogP contribution >= 0.6 is 0 Å². The number of hydrogen-bond donors (Lipinski definition) is 2. The van der Waals surface area contributed by atoms with E-state index in [0.717, 1.165) is 55.8 Å². The summed E-state index contributed by atoms with van der Waals surface area (Å²) in [5, 5.41) is 9.29. The van der Waals surface area contributed by atoms with E-state index in [1.165, 1.54) is 0 Å². The fourth-order valence-corrected chi connectivity index (χ4v) is 4.27. The summed E-state index contributed by atoms with van der Waals surface area (Å²) < 4.78 is 6.28. The standard InChI is InChI=1S/C30H22N2O/c1-2-9-21(10-3-1)31-22-17-19-23(20-18-22)32-28-15-6-4-11-24(28)26-13-8-14-27-25-12-5-7-16-29(25)33-30(26)27/h1-20,31-32H. The summed E-state index contributed by atoms with van der Waals surface area (Å²) in [6, 6.07) is 41.4. The van der Waals surface area contributed by atoms with Crippen LogP contribution in [0.4, 0.5) is 22.7 Å². The number of furan rings is 1. The SMILES string of the molecule is c1ccc(Nc2ccc(Nc3ccccc3-c3cccc4c3oc3ccccc34)cc2)cc1. The van der Waals surface area contributed by atoms with Gasteiger partial charge in [-0.1, -0.05) is 72.8 Å². The molecule has 0 fully saturated rings. The Balaban J connectivity index is 1.34. The van der Waals surface area contributed by atoms with Gasteiger partial charge in [0.1, 0.15) is 11.2 Å². The normalized spacial score (nSPS) is 11.0. The van der Waals surface area contributed by atoms with Crippen LogP contribution in [0.15, 0.2) is 126 Å². The number of nitrogens with one attached hydrogen (secondary N) is 2. The minimum atomic E-state index is 0.909. The first kappa shape index (κ1) is 19.2. The Morgan fingerprint density at radius 2 is 1.03 bits per heavy atom. The van der Waals surface area contributed by atoms with E-state index >= 15 is 0 Å². The molecular formula is C30H22N2O. The van der Waals surface area contributed by atoms with Gasteiger partial charge in [0.15, 0.2) is 0 Å². The van der Waals surface area contributed by atoms with E-state index in [1.807, 2.05) is 30.3 Å². The smallest absolute Gasteiger partial charge is 0.143 e. The molecule has 5 aromatic carbocycles. The van der Waals surface area contributed by atoms with Crippen LogP contribution in [0.5, 0.6) is 0 Å². The van der Waals surface area contributed by atoms with Crippen LogP contribution < -0.4 is 10.6 Å². The zero-order chi connectivity index (χ0) is 22.0. The van der Waals surface area contributed by atoms with Crippen LogP contribution in [0.25, 0.3) is 33.1 Å². The second-order valence-corrected chi connectivity index (χ2v) is 8.02. The van der Waals surface area contributed by atoms with Gasteiger partial charge in [-0.25, -0.2) is 0 Å². The Bertz CT molecular complexity index is 1550. The molecule has 0 spiro atoms. The number of anilines is 4. The highest BCUT2D eigenvalue weighted by atomic mass is 16.3. The third kappa shape index (κ3) is 3.70. The molecule has 0 radical (unpaired) electrons. The van der Waals surface area contributed by atoms with Crippen molar-refractivity contribution in [3.63, 3.8) is 0 Å². The average Bonchev–Trinajstić information content (AvgIpc) is 3.25. The van der Waals surface area contributed by atoms with Crippen molar-refractivity contribution in [1.29, 1.82) is 0 Å². The molecule has 1 heterocycles. The third-order valence-corrected chi connectivity index (χ3v) is 5.85. The van der Waals surface area contributed by atoms with Gasteiger partial charge in [0, 0.05) is 44.6 Å². The van der Waals surface area contributed by atoms with Crippen molar-refractivity contribution in [2.45, 2.75) is 0 Å². The van der Waals surface area contributed by atoms with Gasteiger partial charge in [-0.05, 0) is 48.5 Å². The maximum Gasteiger partial charge on any atom is 0.143 e. The average molecular weight is 427 g/mol. The van der Waals surface area contributed by atoms with Crippen molar-refractivity contribution < 1.29 is 4.42 Å². The molecule has 0 amide bonds. The van der Waals surface area contributed by atoms with Gasteiger partial charge in [0.05, 0.1) is 0 Å². The summed E-state index contributed by atoms with van der Waals surface area (Å²) in [6.07, 6.45) is 0. The number of fused-ring (bicyclic) bond motifs is 3. The molecule has 2 N–H and O–H groups in total. The molecule has 6 rings (SSSR count). The Kier molecular flexibility index (Phi) is 4.78. The van der Waals surface area contributed by atoms with E-state index in [-0.39, 0.29) is 0 Å². The van der Waals surface area contributed by atoms with Crippen molar-refractivity contribution >= 4 is 44.7 Å². The molecule has 0 aliphatic heterocycles. The van der Waals surface area contributed by atoms with E-state index in [1.54, 1.807) is 0 Å². The molecule has 3 nitrogen and oxygen atoms in total. The Hall–Kier alpha value is -4.50. The largest absolute Gasteiger partial charge is 0.455 e. The minimum absolute atomic E-state index is 0.909. The summed E-state index contributed by atoms with van der Waals surface area (Å²) in [5.74, 6) is 0. The number of benzene rings is 5. The van der Waals surface area contributed by atoms with Crippen LogP contribution in [0.2, 0.25) is 0 Å². The highest BCUT2D eigenvalue weighted by Gasteiger charge is 2.14. The monoisotopic (exact) mass is 426 g/mol. The number of rotatable bonds is 5. The van der Waals surface area contributed by atoms with Gasteiger partial charge < -0.3 is 15.1 Å². The predicted molar refractivity (Wildman–Crippen MR) is 139 cm³/mol. The molecular weight excluding hydrogens is 404 g/mol. The van der Waals surface area contributed by atoms with E-state index in [9.17, 15) is 0 Å². The maximum atomic E-state index is 6.28. The Labute approximate surface area is 192 Å². The molecule has 0 aliphatic rings. The zero-order valence-corrected chi connectivity index (χ0v) is 18.0. The summed E-state index contributed by atoms with van der Waals surface area (Å²) in [7, 11) is 0. The van der Waals surface area contributed by atoms with E-state index in [4.69, 9.17) is 4.42 Å². The van der Waals surface area contributed by atoms with Crippen molar-refractivity contribution in [1.82, 2.24) is 0 Å². The Morgan fingerprint density at radius 3 is 1.88 bits per heavy atom. The summed E-state index contributed by atoms with van der Waals surface area (Å²) in [5.41, 5.74) is 8.19. The first-order chi connectivity index (χ1) is 16.3. The zero-order valence-electron chi connectivity index (χ0n) is 18.0. The van der Waals surface area contributed by atoms with Crippen LogP contribution in [0.3, 0.4) is 0 Å². The highest BCUT2D eigenvalue weighted by Crippen LogP contribution is 2.39. The molecule has 1 aromatic heterocycles. The molecule has 0 aliphatic carbocycles. The molecule has 0 saturated carbocycles. The van der Waals surface area contributed by atoms with Crippen LogP contribution in [0.1, 0.15) is 0 Å². The minimum Gasteiger partial charge on any atom is -0.455 e. The molecule has 3 heteroatoms. The third-order valence-electron chi connectivity index (χ3n) is 5.85. The van der Waals surface area contributed by atoms with Crippen molar-refractivity contribution in [2.24, 2.45) is 0 Å². The summed E-state index contributed by atoms with van der Waals surface area (Å²) in [4.78, 5) is 0. The lowest BCUT2D eigenvalue weighted by atomic mass is 10.0. The molecule has 6 aromatic rings. The second-order valence-electron chi connectivity index (χ2n) is 8.02. The van der Waals surface area contributed by atoms with Crippen LogP contribution in [-0.4, -0.2) is 0 Å². The molecule has 0 atom stereocenters. The van der Waals surface area contributed by atoms with Gasteiger partial charge in [-0.3, -0.25) is 0 Å². The predicted octanol–water partition coefficient (Wildman–Crippen LogP) is 8.74. The quantitative estimate of drug-likeness (QED) is 0.289. The lowest BCUT2D eigenvalue weighted by Crippen LogP contribution is -1.94. The molecule has 0 saturated heterocycles. The molecule has 0 unspecified atom stereocenters. The maximum absolute atomic E-state index is 6.28. The van der Waals surface area contributed by atoms with Crippen LogP contribution in [-0.2, 0) is 0 Å². The van der Waals surface area contributed by atoms with E-state index in [0.29, 0.717) is 0 Å². The fourth-order valence-electron chi connectivity index (χ4n) is 4.27. The van der Waals surface area contributed by atoms with Gasteiger partial charge >= 0.3 is 0 Å². The van der Waals surface area contributed by atoms with Gasteiger partial charge in [0.25, 0.3) is 0 Å². The van der Waals surface area contributed by atoms with Crippen molar-refractivity contribution in [3.8, 4) is 11.1 Å². The highest BCUT2D eigenvalue weighted by molar-refractivity contribution is 6.10. The molecule has 33 heavy (non-hydrogen) atoms. The first-order valence-corrected chi connectivity index (χ1v) is 11.0. The van der Waals surface area contributed by atoms with Crippen molar-refractivity contribution in [2.75, 3.05) is 10.6 Å². The lowest BCUT2D eigenvalue weighted by Gasteiger charge is -2.13. The summed E-state index contributed by atoms with van der Waals surface area (Å²) in [6.45, 7) is 0. The summed E-state index contributed by atoms with van der Waals surface area (Å²) >= 11 is 0. The van der Waals surface area contributed by atoms with Gasteiger partial charge in [-0.15, -0.1) is 0 Å². The molecule has 0 bridgehead atoms. The van der Waals surface area contributed by atoms with Crippen molar-refractivity contribution in [3.05, 3.63) is 121 Å². The fraction of sp³-hybridized carbons (Fsp3) is 0. The second kappa shape index (κ2) is 8.21.